The Bertz CT molecular complexity index is 1020. The first-order valence-corrected chi connectivity index (χ1v) is 14.8. The molecule has 4 saturated heterocycles. The number of anilines is 1. The molecule has 0 saturated carbocycles. The zero-order valence-electron chi connectivity index (χ0n) is 22.3. The molecule has 1 aromatic carbocycles. The van der Waals surface area contributed by atoms with Crippen molar-refractivity contribution in [2.75, 3.05) is 51.3 Å². The molecule has 9 nitrogen and oxygen atoms in total. The number of hydrogen-bond acceptors (Lipinski definition) is 7. The van der Waals surface area contributed by atoms with Crippen LogP contribution in [0.25, 0.3) is 0 Å². The molecule has 1 spiro atoms. The number of aliphatic hydroxyl groups excluding tert-OH is 1. The van der Waals surface area contributed by atoms with E-state index in [-0.39, 0.29) is 35.5 Å². The van der Waals surface area contributed by atoms with Crippen molar-refractivity contribution in [3.8, 4) is 0 Å². The standard InChI is InChI=1S/C28H40N4O5S/c1-18(2)16-20(17-33)32-24(26(35)29-10-11-31-12-14-37-15-13-31)28-9-8-21(38-28)22(23(28)27(32)36)25(34)30-19-6-4-3-5-7-19/h3-7,18,20-24,33H,8-17H2,1-2H3,(H,29,35)(H,30,34)/t20-,21+,22-,23+,24?,28?/m1/s1. The molecule has 208 valence electrons. The zero-order chi connectivity index (χ0) is 26.9. The second kappa shape index (κ2) is 11.5. The van der Waals surface area contributed by atoms with Gasteiger partial charge in [-0.15, -0.1) is 11.8 Å². The Hall–Kier alpha value is -2.14. The number of morpholine rings is 1. The van der Waals surface area contributed by atoms with Crippen molar-refractivity contribution in [1.82, 2.24) is 15.1 Å². The van der Waals surface area contributed by atoms with Gasteiger partial charge in [-0.3, -0.25) is 19.3 Å². The number of hydrogen-bond donors (Lipinski definition) is 3. The van der Waals surface area contributed by atoms with Crippen LogP contribution in [0.1, 0.15) is 33.1 Å². The number of para-hydroxylation sites is 1. The maximum atomic E-state index is 14.2. The predicted octanol–water partition coefficient (Wildman–Crippen LogP) is 1.57. The Morgan fingerprint density at radius 1 is 1.18 bits per heavy atom. The van der Waals surface area contributed by atoms with Gasteiger partial charge in [0.1, 0.15) is 6.04 Å². The minimum absolute atomic E-state index is 0.00358. The van der Waals surface area contributed by atoms with E-state index in [2.05, 4.69) is 29.4 Å². The monoisotopic (exact) mass is 544 g/mol. The number of fused-ring (bicyclic) bond motifs is 1. The van der Waals surface area contributed by atoms with E-state index in [9.17, 15) is 19.5 Å². The van der Waals surface area contributed by atoms with Crippen LogP contribution < -0.4 is 10.6 Å². The minimum Gasteiger partial charge on any atom is -0.394 e. The molecule has 4 heterocycles. The summed E-state index contributed by atoms with van der Waals surface area (Å²) in [5.74, 6) is -1.34. The molecule has 5 rings (SSSR count). The fourth-order valence-corrected chi connectivity index (χ4v) is 9.12. The molecule has 10 heteroatoms. The van der Waals surface area contributed by atoms with Gasteiger partial charge in [0.2, 0.25) is 17.7 Å². The third-order valence-electron chi connectivity index (χ3n) is 8.51. The van der Waals surface area contributed by atoms with Crippen molar-refractivity contribution < 1.29 is 24.2 Å². The van der Waals surface area contributed by atoms with Crippen LogP contribution in [0.15, 0.2) is 30.3 Å². The second-order valence-electron chi connectivity index (χ2n) is 11.4. The van der Waals surface area contributed by atoms with Crippen LogP contribution in [0.4, 0.5) is 5.69 Å². The lowest BCUT2D eigenvalue weighted by atomic mass is 9.70. The number of amides is 3. The molecule has 6 atom stereocenters. The lowest BCUT2D eigenvalue weighted by Crippen LogP contribution is -2.57. The fourth-order valence-electron chi connectivity index (χ4n) is 6.91. The average Bonchev–Trinajstić information content (AvgIpc) is 3.55. The maximum Gasteiger partial charge on any atom is 0.244 e. The summed E-state index contributed by atoms with van der Waals surface area (Å²) < 4.78 is 4.76. The highest BCUT2D eigenvalue weighted by atomic mass is 32.2. The molecule has 38 heavy (non-hydrogen) atoms. The summed E-state index contributed by atoms with van der Waals surface area (Å²) in [6.45, 7) is 8.17. The van der Waals surface area contributed by atoms with Crippen molar-refractivity contribution >= 4 is 35.2 Å². The normalized spacial score (nSPS) is 31.5. The topological polar surface area (TPSA) is 111 Å². The molecule has 2 bridgehead atoms. The van der Waals surface area contributed by atoms with E-state index in [1.807, 2.05) is 30.3 Å². The average molecular weight is 545 g/mol. The van der Waals surface area contributed by atoms with Crippen molar-refractivity contribution in [2.45, 2.75) is 55.2 Å². The van der Waals surface area contributed by atoms with E-state index < -0.39 is 28.7 Å². The van der Waals surface area contributed by atoms with Gasteiger partial charge in [-0.05, 0) is 37.3 Å². The SMILES string of the molecule is CC(C)C[C@H](CO)N1C(=O)[C@@H]2[C@H](C(=O)Nc3ccccc3)[C@@H]3CCC2(S3)C1C(=O)NCCN1CCOCC1. The highest BCUT2D eigenvalue weighted by Crippen LogP contribution is 2.66. The Balaban J connectivity index is 1.40. The molecule has 0 aliphatic carbocycles. The van der Waals surface area contributed by atoms with Crippen LogP contribution in [0.3, 0.4) is 0 Å². The number of carbonyl (C=O) groups excluding carboxylic acids is 3. The number of aliphatic hydroxyl groups is 1. The van der Waals surface area contributed by atoms with Crippen molar-refractivity contribution in [2.24, 2.45) is 17.8 Å². The molecule has 1 aromatic rings. The molecule has 2 unspecified atom stereocenters. The van der Waals surface area contributed by atoms with Crippen LogP contribution in [0, 0.1) is 17.8 Å². The quantitative estimate of drug-likeness (QED) is 0.410. The van der Waals surface area contributed by atoms with E-state index in [0.717, 1.165) is 26.1 Å². The third kappa shape index (κ3) is 5.08. The number of rotatable bonds is 10. The Labute approximate surface area is 229 Å². The van der Waals surface area contributed by atoms with E-state index >= 15 is 0 Å². The molecule has 4 aliphatic heterocycles. The van der Waals surface area contributed by atoms with Crippen LogP contribution in [0.2, 0.25) is 0 Å². The number of carbonyl (C=O) groups is 3. The summed E-state index contributed by atoms with van der Waals surface area (Å²) in [6.07, 6.45) is 2.10. The first-order chi connectivity index (χ1) is 18.4. The van der Waals surface area contributed by atoms with E-state index in [1.54, 1.807) is 16.7 Å². The van der Waals surface area contributed by atoms with Crippen LogP contribution in [-0.2, 0) is 19.1 Å². The lowest BCUT2D eigenvalue weighted by molar-refractivity contribution is -0.142. The smallest absolute Gasteiger partial charge is 0.244 e. The number of thioether (sulfide) groups is 1. The second-order valence-corrected chi connectivity index (χ2v) is 13.0. The summed E-state index contributed by atoms with van der Waals surface area (Å²) in [7, 11) is 0. The van der Waals surface area contributed by atoms with Gasteiger partial charge < -0.3 is 25.4 Å². The van der Waals surface area contributed by atoms with Crippen molar-refractivity contribution in [1.29, 1.82) is 0 Å². The van der Waals surface area contributed by atoms with Gasteiger partial charge in [0.05, 0.1) is 42.4 Å². The molecule has 4 fully saturated rings. The lowest BCUT2D eigenvalue weighted by Gasteiger charge is -2.37. The first-order valence-electron chi connectivity index (χ1n) is 13.9. The third-order valence-corrected chi connectivity index (χ3v) is 10.5. The Kier molecular flexibility index (Phi) is 8.33. The van der Waals surface area contributed by atoms with Crippen molar-refractivity contribution in [3.05, 3.63) is 30.3 Å². The molecule has 0 radical (unpaired) electrons. The van der Waals surface area contributed by atoms with Gasteiger partial charge >= 0.3 is 0 Å². The van der Waals surface area contributed by atoms with Gasteiger partial charge in [0, 0.05) is 37.1 Å². The molecule has 4 aliphatic rings. The highest BCUT2D eigenvalue weighted by molar-refractivity contribution is 8.02. The van der Waals surface area contributed by atoms with Gasteiger partial charge in [-0.25, -0.2) is 0 Å². The summed E-state index contributed by atoms with van der Waals surface area (Å²) in [4.78, 5) is 45.6. The zero-order valence-corrected chi connectivity index (χ0v) is 23.1. The fraction of sp³-hybridized carbons (Fsp3) is 0.679. The Morgan fingerprint density at radius 2 is 1.92 bits per heavy atom. The summed E-state index contributed by atoms with van der Waals surface area (Å²) in [5.41, 5.74) is 0.701. The molecular formula is C28H40N4O5S. The maximum absolute atomic E-state index is 14.2. The predicted molar refractivity (Wildman–Crippen MR) is 147 cm³/mol. The van der Waals surface area contributed by atoms with Crippen LogP contribution >= 0.6 is 11.8 Å². The van der Waals surface area contributed by atoms with Crippen LogP contribution in [0.5, 0.6) is 0 Å². The number of nitrogens with one attached hydrogen (secondary N) is 2. The van der Waals surface area contributed by atoms with Gasteiger partial charge in [-0.2, -0.15) is 0 Å². The minimum atomic E-state index is -0.704. The van der Waals surface area contributed by atoms with E-state index in [1.165, 1.54) is 0 Å². The summed E-state index contributed by atoms with van der Waals surface area (Å²) in [6, 6.07) is 8.13. The van der Waals surface area contributed by atoms with Gasteiger partial charge in [-0.1, -0.05) is 32.0 Å². The number of ether oxygens (including phenoxy) is 1. The number of benzene rings is 1. The largest absolute Gasteiger partial charge is 0.394 e. The number of nitrogens with zero attached hydrogens (tertiary/aromatic N) is 2. The summed E-state index contributed by atoms with van der Waals surface area (Å²) >= 11 is 1.66. The number of likely N-dealkylation sites (tertiary alicyclic amines) is 1. The molecule has 3 amide bonds. The molecular weight excluding hydrogens is 504 g/mol. The highest BCUT2D eigenvalue weighted by Gasteiger charge is 2.74. The summed E-state index contributed by atoms with van der Waals surface area (Å²) in [5, 5.41) is 16.5. The first kappa shape index (κ1) is 27.4. The van der Waals surface area contributed by atoms with Gasteiger partial charge in [0.15, 0.2) is 0 Å². The van der Waals surface area contributed by atoms with Gasteiger partial charge in [0.25, 0.3) is 0 Å². The Morgan fingerprint density at radius 3 is 2.61 bits per heavy atom. The van der Waals surface area contributed by atoms with E-state index in [4.69, 9.17) is 4.74 Å². The van der Waals surface area contributed by atoms with Crippen molar-refractivity contribution in [3.63, 3.8) is 0 Å². The molecule has 0 aromatic heterocycles. The molecule has 3 N–H and O–H groups in total. The van der Waals surface area contributed by atoms with Crippen LogP contribution in [-0.4, -0.2) is 101 Å². The van der Waals surface area contributed by atoms with E-state index in [0.29, 0.717) is 38.3 Å².